The zero-order valence-electron chi connectivity index (χ0n) is 11.5. The van der Waals surface area contributed by atoms with Crippen molar-refractivity contribution in [2.24, 2.45) is 0 Å². The molecule has 5 nitrogen and oxygen atoms in total. The Balaban J connectivity index is 2.34. The number of halogens is 1. The second-order valence-electron chi connectivity index (χ2n) is 4.87. The molecule has 0 spiro atoms. The Morgan fingerprint density at radius 3 is 3.00 bits per heavy atom. The minimum atomic E-state index is -0.0474. The Morgan fingerprint density at radius 2 is 2.32 bits per heavy atom. The molecule has 1 aromatic heterocycles. The van der Waals surface area contributed by atoms with Crippen LogP contribution < -0.4 is 15.8 Å². The zero-order chi connectivity index (χ0) is 13.8. The van der Waals surface area contributed by atoms with Gasteiger partial charge in [-0.25, -0.2) is 4.68 Å². The lowest BCUT2D eigenvalue weighted by molar-refractivity contribution is 0.444. The van der Waals surface area contributed by atoms with E-state index in [0.717, 1.165) is 25.2 Å². The highest BCUT2D eigenvalue weighted by Crippen LogP contribution is 2.28. The van der Waals surface area contributed by atoms with Crippen LogP contribution >= 0.6 is 15.9 Å². The van der Waals surface area contributed by atoms with Crippen LogP contribution in [0, 0.1) is 0 Å². The molecule has 1 aliphatic heterocycles. The first-order valence-corrected chi connectivity index (χ1v) is 7.65. The number of aromatic nitrogens is 2. The third-order valence-electron chi connectivity index (χ3n) is 3.64. The van der Waals surface area contributed by atoms with Crippen molar-refractivity contribution in [2.75, 3.05) is 25.0 Å². The summed E-state index contributed by atoms with van der Waals surface area (Å²) in [6.45, 7) is 4.44. The smallest absolute Gasteiger partial charge is 0.283 e. The third kappa shape index (κ3) is 3.00. The minimum Gasteiger partial charge on any atom is -0.365 e. The predicted molar refractivity (Wildman–Crippen MR) is 80.8 cm³/mol. The predicted octanol–water partition coefficient (Wildman–Crippen LogP) is 1.60. The van der Waals surface area contributed by atoms with E-state index in [0.29, 0.717) is 17.1 Å². The summed E-state index contributed by atoms with van der Waals surface area (Å²) < 4.78 is 2.11. The summed E-state index contributed by atoms with van der Waals surface area (Å²) in [5.74, 6) is 0. The van der Waals surface area contributed by atoms with Crippen LogP contribution in [0.2, 0.25) is 0 Å². The molecular weight excluding hydrogens is 308 g/mol. The van der Waals surface area contributed by atoms with Gasteiger partial charge in [0.2, 0.25) is 0 Å². The highest BCUT2D eigenvalue weighted by atomic mass is 79.9. The first kappa shape index (κ1) is 14.5. The Morgan fingerprint density at radius 1 is 1.53 bits per heavy atom. The minimum absolute atomic E-state index is 0.0474. The molecule has 0 bridgehead atoms. The van der Waals surface area contributed by atoms with Crippen LogP contribution in [0.5, 0.6) is 0 Å². The summed E-state index contributed by atoms with van der Waals surface area (Å²) in [6, 6.07) is 0.439. The van der Waals surface area contributed by atoms with Gasteiger partial charge in [-0.2, -0.15) is 5.10 Å². The van der Waals surface area contributed by atoms with E-state index in [1.165, 1.54) is 17.5 Å². The molecule has 1 atom stereocenters. The van der Waals surface area contributed by atoms with Crippen molar-refractivity contribution in [3.05, 3.63) is 21.0 Å². The molecule has 1 unspecified atom stereocenters. The Labute approximate surface area is 122 Å². The molecule has 1 N–H and O–H groups in total. The van der Waals surface area contributed by atoms with Gasteiger partial charge in [-0.3, -0.25) is 4.79 Å². The van der Waals surface area contributed by atoms with Crippen molar-refractivity contribution in [1.82, 2.24) is 15.1 Å². The molecule has 1 aromatic rings. The molecule has 1 aliphatic rings. The van der Waals surface area contributed by atoms with Gasteiger partial charge in [-0.05, 0) is 49.2 Å². The SMILES string of the molecule is CCn1ncc(N2CCCCC2CNC)c(Br)c1=O. The summed E-state index contributed by atoms with van der Waals surface area (Å²) in [6.07, 6.45) is 5.39. The normalized spacial score (nSPS) is 19.7. The zero-order valence-corrected chi connectivity index (χ0v) is 13.1. The molecule has 6 heteroatoms. The molecule has 0 aromatic carbocycles. The van der Waals surface area contributed by atoms with Gasteiger partial charge in [-0.1, -0.05) is 0 Å². The lowest BCUT2D eigenvalue weighted by atomic mass is 10.0. The number of nitrogens with one attached hydrogen (secondary N) is 1. The number of hydrogen-bond acceptors (Lipinski definition) is 4. The number of piperidine rings is 1. The maximum Gasteiger partial charge on any atom is 0.283 e. The second-order valence-corrected chi connectivity index (χ2v) is 5.66. The molecular formula is C13H21BrN4O. The van der Waals surface area contributed by atoms with Crippen LogP contribution in [-0.4, -0.2) is 36.0 Å². The monoisotopic (exact) mass is 328 g/mol. The van der Waals surface area contributed by atoms with Gasteiger partial charge in [0.25, 0.3) is 5.56 Å². The molecule has 106 valence electrons. The van der Waals surface area contributed by atoms with E-state index in [1.54, 1.807) is 0 Å². The number of nitrogens with zero attached hydrogens (tertiary/aromatic N) is 3. The van der Waals surface area contributed by atoms with E-state index >= 15 is 0 Å². The van der Waals surface area contributed by atoms with Crippen molar-refractivity contribution in [1.29, 1.82) is 0 Å². The summed E-state index contributed by atoms with van der Waals surface area (Å²) in [5.41, 5.74) is 0.878. The Kier molecular flexibility index (Phi) is 4.99. The number of rotatable bonds is 4. The topological polar surface area (TPSA) is 50.2 Å². The van der Waals surface area contributed by atoms with E-state index in [-0.39, 0.29) is 5.56 Å². The largest absolute Gasteiger partial charge is 0.365 e. The molecule has 19 heavy (non-hydrogen) atoms. The van der Waals surface area contributed by atoms with Gasteiger partial charge in [0.05, 0.1) is 11.9 Å². The van der Waals surface area contributed by atoms with Crippen LogP contribution in [0.1, 0.15) is 26.2 Å². The van der Waals surface area contributed by atoms with E-state index in [1.807, 2.05) is 20.2 Å². The standard InChI is InChI=1S/C13H21BrN4O/c1-3-18-13(19)12(14)11(9-16-18)17-7-5-4-6-10(17)8-15-2/h9-10,15H,3-8H2,1-2H3. The lowest BCUT2D eigenvalue weighted by Gasteiger charge is -2.37. The average Bonchev–Trinajstić information content (AvgIpc) is 2.43. The van der Waals surface area contributed by atoms with Gasteiger partial charge >= 0.3 is 0 Å². The Hall–Kier alpha value is -0.880. The molecule has 0 saturated carbocycles. The van der Waals surface area contributed by atoms with E-state index in [2.05, 4.69) is 31.2 Å². The van der Waals surface area contributed by atoms with Gasteiger partial charge in [0.1, 0.15) is 4.47 Å². The molecule has 1 fully saturated rings. The molecule has 0 amide bonds. The van der Waals surface area contributed by atoms with E-state index < -0.39 is 0 Å². The first-order valence-electron chi connectivity index (χ1n) is 6.86. The summed E-state index contributed by atoms with van der Waals surface area (Å²) in [5, 5.41) is 7.47. The maximum absolute atomic E-state index is 12.1. The quantitative estimate of drug-likeness (QED) is 0.912. The van der Waals surface area contributed by atoms with E-state index in [4.69, 9.17) is 0 Å². The van der Waals surface area contributed by atoms with Crippen molar-refractivity contribution in [3.63, 3.8) is 0 Å². The molecule has 1 saturated heterocycles. The highest BCUT2D eigenvalue weighted by Gasteiger charge is 2.25. The summed E-state index contributed by atoms with van der Waals surface area (Å²) >= 11 is 3.45. The van der Waals surface area contributed by atoms with Gasteiger partial charge in [0.15, 0.2) is 0 Å². The molecule has 2 heterocycles. The van der Waals surface area contributed by atoms with Gasteiger partial charge in [-0.15, -0.1) is 0 Å². The van der Waals surface area contributed by atoms with Crippen molar-refractivity contribution in [3.8, 4) is 0 Å². The maximum atomic E-state index is 12.1. The van der Waals surface area contributed by atoms with Crippen LogP contribution in [-0.2, 0) is 6.54 Å². The van der Waals surface area contributed by atoms with Crippen molar-refractivity contribution >= 4 is 21.6 Å². The van der Waals surface area contributed by atoms with E-state index in [9.17, 15) is 4.79 Å². The fourth-order valence-electron chi connectivity index (χ4n) is 2.65. The molecule has 2 rings (SSSR count). The van der Waals surface area contributed by atoms with Crippen LogP contribution in [0.4, 0.5) is 5.69 Å². The second kappa shape index (κ2) is 6.52. The van der Waals surface area contributed by atoms with Crippen molar-refractivity contribution in [2.45, 2.75) is 38.8 Å². The Bertz CT molecular complexity index is 486. The number of likely N-dealkylation sites (N-methyl/N-ethyl adjacent to an activating group) is 1. The fourth-order valence-corrected chi connectivity index (χ4v) is 3.18. The molecule has 0 aliphatic carbocycles. The molecule has 0 radical (unpaired) electrons. The number of anilines is 1. The number of aryl methyl sites for hydroxylation is 1. The number of hydrogen-bond donors (Lipinski definition) is 1. The highest BCUT2D eigenvalue weighted by molar-refractivity contribution is 9.10. The van der Waals surface area contributed by atoms with Crippen LogP contribution in [0.15, 0.2) is 15.5 Å². The van der Waals surface area contributed by atoms with Crippen LogP contribution in [0.25, 0.3) is 0 Å². The van der Waals surface area contributed by atoms with Crippen molar-refractivity contribution < 1.29 is 0 Å². The fraction of sp³-hybridized carbons (Fsp3) is 0.692. The van der Waals surface area contributed by atoms with Gasteiger partial charge < -0.3 is 10.2 Å². The third-order valence-corrected chi connectivity index (χ3v) is 4.39. The van der Waals surface area contributed by atoms with Crippen LogP contribution in [0.3, 0.4) is 0 Å². The van der Waals surface area contributed by atoms with Gasteiger partial charge in [0, 0.05) is 25.7 Å². The summed E-state index contributed by atoms with van der Waals surface area (Å²) in [4.78, 5) is 14.4. The summed E-state index contributed by atoms with van der Waals surface area (Å²) in [7, 11) is 1.97. The first-order chi connectivity index (χ1) is 9.19. The average molecular weight is 329 g/mol. The lowest BCUT2D eigenvalue weighted by Crippen LogP contribution is -2.46.